The third-order valence-electron chi connectivity index (χ3n) is 2.55. The second kappa shape index (κ2) is 5.56. The summed E-state index contributed by atoms with van der Waals surface area (Å²) in [5, 5.41) is 2.63. The molecule has 0 fully saturated rings. The molecule has 1 N–H and O–H groups in total. The summed E-state index contributed by atoms with van der Waals surface area (Å²) in [5.41, 5.74) is 2.54. The lowest BCUT2D eigenvalue weighted by atomic mass is 10.2. The maximum atomic E-state index is 10.6. The Hall–Kier alpha value is -2.30. The van der Waals surface area contributed by atoms with Crippen molar-refractivity contribution >= 4 is 12.1 Å². The number of carbonyl (C=O) groups excluding carboxylic acids is 1. The number of aromatic nitrogens is 2. The number of hydrogen-bond acceptors (Lipinski definition) is 3. The Morgan fingerprint density at radius 3 is 2.79 bits per heavy atom. The number of carbonyl (C=O) groups is 1. The number of benzene rings is 1. The van der Waals surface area contributed by atoms with Gasteiger partial charge in [-0.05, 0) is 32.9 Å². The van der Waals surface area contributed by atoms with Crippen molar-refractivity contribution in [3.05, 3.63) is 36.4 Å². The Morgan fingerprint density at radius 1 is 1.42 bits per heavy atom. The molecule has 0 unspecified atom stereocenters. The highest BCUT2D eigenvalue weighted by Gasteiger charge is 2.08. The zero-order chi connectivity index (χ0) is 13.8. The quantitative estimate of drug-likeness (QED) is 0.839. The van der Waals surface area contributed by atoms with Gasteiger partial charge in [-0.3, -0.25) is 4.79 Å². The lowest BCUT2D eigenvalue weighted by Gasteiger charge is -2.15. The van der Waals surface area contributed by atoms with E-state index >= 15 is 0 Å². The van der Waals surface area contributed by atoms with Crippen molar-refractivity contribution in [3.63, 3.8) is 0 Å². The van der Waals surface area contributed by atoms with E-state index < -0.39 is 0 Å². The second-order valence-corrected chi connectivity index (χ2v) is 4.53. The summed E-state index contributed by atoms with van der Waals surface area (Å²) < 4.78 is 7.62. The summed E-state index contributed by atoms with van der Waals surface area (Å²) in [6.07, 6.45) is 4.36. The lowest BCUT2D eigenvalue weighted by Crippen LogP contribution is -2.08. The highest BCUT2D eigenvalue weighted by atomic mass is 16.5. The molecule has 5 nitrogen and oxygen atoms in total. The molecule has 0 aliphatic carbocycles. The number of aryl methyl sites for hydroxylation is 1. The zero-order valence-electron chi connectivity index (χ0n) is 11.3. The number of nitrogens with one attached hydrogen (secondary N) is 1. The number of ether oxygens (including phenoxy) is 1. The van der Waals surface area contributed by atoms with Crippen LogP contribution in [0, 0.1) is 6.92 Å². The summed E-state index contributed by atoms with van der Waals surface area (Å²) in [5.74, 6) is 0.644. The Balaban J connectivity index is 2.39. The first-order chi connectivity index (χ1) is 9.10. The molecule has 100 valence electrons. The highest BCUT2D eigenvalue weighted by Crippen LogP contribution is 2.28. The van der Waals surface area contributed by atoms with Crippen molar-refractivity contribution < 1.29 is 9.53 Å². The number of imidazole rings is 1. The van der Waals surface area contributed by atoms with Crippen molar-refractivity contribution in [1.82, 2.24) is 9.55 Å². The fourth-order valence-electron chi connectivity index (χ4n) is 1.77. The first-order valence-electron chi connectivity index (χ1n) is 6.12. The van der Waals surface area contributed by atoms with E-state index in [2.05, 4.69) is 10.3 Å². The molecule has 1 heterocycles. The molecule has 0 bridgehead atoms. The van der Waals surface area contributed by atoms with Crippen molar-refractivity contribution in [1.29, 1.82) is 0 Å². The van der Waals surface area contributed by atoms with Gasteiger partial charge in [-0.15, -0.1) is 0 Å². The highest BCUT2D eigenvalue weighted by molar-refractivity contribution is 5.76. The molecule has 0 atom stereocenters. The number of rotatable bonds is 5. The number of amides is 1. The molecule has 1 amide bonds. The number of anilines is 1. The van der Waals surface area contributed by atoms with Gasteiger partial charge >= 0.3 is 0 Å². The third kappa shape index (κ3) is 3.13. The van der Waals surface area contributed by atoms with Gasteiger partial charge in [0, 0.05) is 12.3 Å². The Bertz CT molecular complexity index is 576. The summed E-state index contributed by atoms with van der Waals surface area (Å²) in [7, 11) is 0. The van der Waals surface area contributed by atoms with Gasteiger partial charge in [-0.25, -0.2) is 4.98 Å². The van der Waals surface area contributed by atoms with Crippen molar-refractivity contribution in [3.8, 4) is 11.4 Å². The monoisotopic (exact) mass is 259 g/mol. The molecule has 0 spiro atoms. The molecule has 2 aromatic rings. The molecular formula is C14H17N3O2. The molecule has 19 heavy (non-hydrogen) atoms. The minimum atomic E-state index is 0.0342. The van der Waals surface area contributed by atoms with E-state index in [0.717, 1.165) is 11.4 Å². The van der Waals surface area contributed by atoms with E-state index in [0.29, 0.717) is 17.8 Å². The summed E-state index contributed by atoms with van der Waals surface area (Å²) in [6, 6.07) is 5.60. The Labute approximate surface area is 112 Å². The smallest absolute Gasteiger partial charge is 0.211 e. The van der Waals surface area contributed by atoms with Gasteiger partial charge in [0.25, 0.3) is 0 Å². The predicted octanol–water partition coefficient (Wildman–Crippen LogP) is 2.54. The van der Waals surface area contributed by atoms with Crippen LogP contribution >= 0.6 is 0 Å². The van der Waals surface area contributed by atoms with Gasteiger partial charge in [0.2, 0.25) is 6.41 Å². The molecule has 0 saturated heterocycles. The van der Waals surface area contributed by atoms with Crippen LogP contribution in [-0.4, -0.2) is 22.1 Å². The SMILES string of the molecule is Cc1cn(-c2ccc(NC=O)c(OC(C)C)c2)cn1. The van der Waals surface area contributed by atoms with Crippen molar-refractivity contribution in [2.75, 3.05) is 5.32 Å². The average Bonchev–Trinajstić information content (AvgIpc) is 2.78. The van der Waals surface area contributed by atoms with Crippen LogP contribution in [0.4, 0.5) is 5.69 Å². The first kappa shape index (κ1) is 13.1. The van der Waals surface area contributed by atoms with Gasteiger partial charge in [0.1, 0.15) is 5.75 Å². The molecule has 0 aliphatic heterocycles. The van der Waals surface area contributed by atoms with Crippen LogP contribution in [0.25, 0.3) is 5.69 Å². The van der Waals surface area contributed by atoms with Gasteiger partial charge < -0.3 is 14.6 Å². The van der Waals surface area contributed by atoms with E-state index in [1.54, 1.807) is 6.33 Å². The van der Waals surface area contributed by atoms with Gasteiger partial charge in [-0.1, -0.05) is 0 Å². The van der Waals surface area contributed by atoms with E-state index in [9.17, 15) is 4.79 Å². The molecule has 5 heteroatoms. The topological polar surface area (TPSA) is 56.2 Å². The number of nitrogens with zero attached hydrogens (tertiary/aromatic N) is 2. The van der Waals surface area contributed by atoms with Crippen molar-refractivity contribution in [2.45, 2.75) is 26.9 Å². The first-order valence-corrected chi connectivity index (χ1v) is 6.12. The Kier molecular flexibility index (Phi) is 3.85. The molecular weight excluding hydrogens is 242 g/mol. The van der Waals surface area contributed by atoms with Gasteiger partial charge in [0.15, 0.2) is 0 Å². The molecule has 0 aliphatic rings. The molecule has 1 aromatic heterocycles. The minimum Gasteiger partial charge on any atom is -0.489 e. The summed E-state index contributed by atoms with van der Waals surface area (Å²) in [6.45, 7) is 5.82. The molecule has 0 radical (unpaired) electrons. The van der Waals surface area contributed by atoms with Crippen molar-refractivity contribution in [2.24, 2.45) is 0 Å². The van der Waals surface area contributed by atoms with E-state index in [4.69, 9.17) is 4.74 Å². The predicted molar refractivity (Wildman–Crippen MR) is 73.8 cm³/mol. The van der Waals surface area contributed by atoms with Crippen LogP contribution in [0.3, 0.4) is 0 Å². The maximum absolute atomic E-state index is 10.6. The third-order valence-corrected chi connectivity index (χ3v) is 2.55. The molecule has 1 aromatic carbocycles. The average molecular weight is 259 g/mol. The van der Waals surface area contributed by atoms with Crippen LogP contribution in [0.1, 0.15) is 19.5 Å². The standard InChI is InChI=1S/C14H17N3O2/c1-10(2)19-14-6-12(4-5-13(14)16-9-18)17-7-11(3)15-8-17/h4-10H,1-3H3,(H,16,18). The van der Waals surface area contributed by atoms with E-state index in [1.807, 2.05) is 49.7 Å². The number of hydrogen-bond donors (Lipinski definition) is 1. The van der Waals surface area contributed by atoms with Crippen LogP contribution in [0.2, 0.25) is 0 Å². The van der Waals surface area contributed by atoms with Crippen LogP contribution in [-0.2, 0) is 4.79 Å². The zero-order valence-corrected chi connectivity index (χ0v) is 11.3. The van der Waals surface area contributed by atoms with Crippen LogP contribution in [0.5, 0.6) is 5.75 Å². The van der Waals surface area contributed by atoms with Crippen LogP contribution < -0.4 is 10.1 Å². The van der Waals surface area contributed by atoms with Crippen LogP contribution in [0.15, 0.2) is 30.7 Å². The van der Waals surface area contributed by atoms with Gasteiger partial charge in [-0.2, -0.15) is 0 Å². The minimum absolute atomic E-state index is 0.0342. The fraction of sp³-hybridized carbons (Fsp3) is 0.286. The Morgan fingerprint density at radius 2 is 2.21 bits per heavy atom. The maximum Gasteiger partial charge on any atom is 0.211 e. The van der Waals surface area contributed by atoms with E-state index in [-0.39, 0.29) is 6.10 Å². The normalized spacial score (nSPS) is 10.5. The fourth-order valence-corrected chi connectivity index (χ4v) is 1.77. The molecule has 2 rings (SSSR count). The second-order valence-electron chi connectivity index (χ2n) is 4.53. The molecule has 0 saturated carbocycles. The summed E-state index contributed by atoms with van der Waals surface area (Å²) in [4.78, 5) is 14.8. The van der Waals surface area contributed by atoms with Gasteiger partial charge in [0.05, 0.1) is 29.5 Å². The lowest BCUT2D eigenvalue weighted by molar-refractivity contribution is -0.105. The largest absolute Gasteiger partial charge is 0.489 e. The van der Waals surface area contributed by atoms with E-state index in [1.165, 1.54) is 0 Å². The summed E-state index contributed by atoms with van der Waals surface area (Å²) >= 11 is 0.